The zero-order chi connectivity index (χ0) is 49.5. The molecule has 12 aromatic carbocycles. The molecule has 0 fully saturated rings. The van der Waals surface area contributed by atoms with Crippen LogP contribution in [-0.4, -0.2) is 4.57 Å². The van der Waals surface area contributed by atoms with Crippen molar-refractivity contribution in [2.24, 2.45) is 0 Å². The molecular weight excluding hydrogens is 905 g/mol. The van der Waals surface area contributed by atoms with E-state index < -0.39 is 5.41 Å². The number of benzene rings is 12. The topological polar surface area (TPSA) is 8.17 Å². The van der Waals surface area contributed by atoms with Crippen LogP contribution in [0.25, 0.3) is 94.3 Å². The molecule has 0 atom stereocenters. The maximum Gasteiger partial charge on any atom is 0.0725 e. The van der Waals surface area contributed by atoms with Crippen LogP contribution < -0.4 is 4.90 Å². The summed E-state index contributed by atoms with van der Waals surface area (Å²) in [6.45, 7) is 0. The molecule has 0 N–H and O–H groups in total. The van der Waals surface area contributed by atoms with Crippen molar-refractivity contribution in [3.8, 4) is 72.4 Å². The second-order valence-corrected chi connectivity index (χ2v) is 19.9. The van der Waals surface area contributed by atoms with Crippen molar-refractivity contribution in [3.63, 3.8) is 0 Å². The highest BCUT2D eigenvalue weighted by Gasteiger charge is 2.51. The number of hydrogen-bond acceptors (Lipinski definition) is 1. The first-order valence-electron chi connectivity index (χ1n) is 26.0. The minimum Gasteiger partial charge on any atom is -0.310 e. The Balaban J connectivity index is 0.988. The highest BCUT2D eigenvalue weighted by Crippen LogP contribution is 2.63. The zero-order valence-corrected chi connectivity index (χ0v) is 41.1. The fourth-order valence-electron chi connectivity index (χ4n) is 13.0. The summed E-state index contributed by atoms with van der Waals surface area (Å²) in [7, 11) is 0. The van der Waals surface area contributed by atoms with Crippen molar-refractivity contribution in [1.82, 2.24) is 4.57 Å². The summed E-state index contributed by atoms with van der Waals surface area (Å²) in [6.07, 6.45) is 0. The number of hydrogen-bond donors (Lipinski definition) is 0. The monoisotopic (exact) mass is 952 g/mol. The van der Waals surface area contributed by atoms with Crippen LogP contribution in [0.1, 0.15) is 22.3 Å². The van der Waals surface area contributed by atoms with E-state index in [2.05, 4.69) is 301 Å². The van der Waals surface area contributed by atoms with E-state index in [1.54, 1.807) is 0 Å². The molecule has 1 heterocycles. The minimum atomic E-state index is -0.444. The molecule has 0 saturated heterocycles. The molecule has 0 radical (unpaired) electrons. The lowest BCUT2D eigenvalue weighted by atomic mass is 9.70. The van der Waals surface area contributed by atoms with Gasteiger partial charge in [-0.25, -0.2) is 0 Å². The smallest absolute Gasteiger partial charge is 0.0725 e. The Morgan fingerprint density at radius 1 is 0.280 bits per heavy atom. The van der Waals surface area contributed by atoms with Crippen LogP contribution in [-0.2, 0) is 5.41 Å². The Bertz CT molecular complexity index is 4290. The Morgan fingerprint density at radius 2 is 0.733 bits per heavy atom. The van der Waals surface area contributed by atoms with Gasteiger partial charge >= 0.3 is 0 Å². The molecule has 2 heteroatoms. The lowest BCUT2D eigenvalue weighted by Crippen LogP contribution is -2.25. The largest absolute Gasteiger partial charge is 0.310 e. The SMILES string of the molecule is c1ccc(-c2ccccc2-c2c(-c3ccccc3)cccc2N(c2ccc(-c3cccc4c5ccccc5n(-c5ccccc5)c34)cc2)c2ccc3c(c2)-c2ccccc2C32c3ccccc3-c3ccccc32)cc1. The van der Waals surface area contributed by atoms with Gasteiger partial charge in [0.15, 0.2) is 0 Å². The van der Waals surface area contributed by atoms with Gasteiger partial charge in [-0.05, 0) is 126 Å². The molecule has 0 saturated carbocycles. The summed E-state index contributed by atoms with van der Waals surface area (Å²) in [5.74, 6) is 0. The maximum absolute atomic E-state index is 2.51. The first-order chi connectivity index (χ1) is 37.3. The van der Waals surface area contributed by atoms with Crippen LogP contribution in [0.15, 0.2) is 291 Å². The molecule has 0 unspecified atom stereocenters. The summed E-state index contributed by atoms with van der Waals surface area (Å²) in [5.41, 5.74) is 26.2. The average Bonchev–Trinajstić information content (AvgIpc) is 4.11. The Kier molecular flexibility index (Phi) is 9.83. The summed E-state index contributed by atoms with van der Waals surface area (Å²) in [5, 5.41) is 2.48. The quantitative estimate of drug-likeness (QED) is 0.147. The van der Waals surface area contributed by atoms with Crippen LogP contribution >= 0.6 is 0 Å². The van der Waals surface area contributed by atoms with Crippen molar-refractivity contribution < 1.29 is 0 Å². The van der Waals surface area contributed by atoms with Gasteiger partial charge in [-0.2, -0.15) is 0 Å². The van der Waals surface area contributed by atoms with E-state index >= 15 is 0 Å². The van der Waals surface area contributed by atoms with Gasteiger partial charge in [0.05, 0.1) is 22.1 Å². The third kappa shape index (κ3) is 6.46. The molecule has 1 aromatic heterocycles. The number of aromatic nitrogens is 1. The molecule has 0 amide bonds. The maximum atomic E-state index is 2.51. The average molecular weight is 953 g/mol. The molecule has 1 spiro atoms. The summed E-state index contributed by atoms with van der Waals surface area (Å²) in [6, 6.07) is 108. The number of rotatable bonds is 8. The zero-order valence-electron chi connectivity index (χ0n) is 41.1. The highest BCUT2D eigenvalue weighted by atomic mass is 15.1. The second-order valence-electron chi connectivity index (χ2n) is 19.9. The van der Waals surface area contributed by atoms with Gasteiger partial charge in [0, 0.05) is 39.0 Å². The molecular formula is C73H48N2. The lowest BCUT2D eigenvalue weighted by Gasteiger charge is -2.32. The van der Waals surface area contributed by atoms with Crippen LogP contribution in [0.5, 0.6) is 0 Å². The first kappa shape index (κ1) is 42.9. The normalized spacial score (nSPS) is 12.6. The van der Waals surface area contributed by atoms with E-state index in [1.807, 2.05) is 0 Å². The van der Waals surface area contributed by atoms with Gasteiger partial charge in [-0.15, -0.1) is 0 Å². The predicted octanol–water partition coefficient (Wildman–Crippen LogP) is 19.3. The minimum absolute atomic E-state index is 0.444. The number of nitrogens with zero attached hydrogens (tertiary/aromatic N) is 2. The van der Waals surface area contributed by atoms with Crippen molar-refractivity contribution in [2.45, 2.75) is 5.41 Å². The van der Waals surface area contributed by atoms with E-state index in [9.17, 15) is 0 Å². The molecule has 350 valence electrons. The number of anilines is 3. The van der Waals surface area contributed by atoms with E-state index in [0.717, 1.165) is 33.9 Å². The Hall–Kier alpha value is -9.76. The van der Waals surface area contributed by atoms with Crippen molar-refractivity contribution in [3.05, 3.63) is 313 Å². The van der Waals surface area contributed by atoms with E-state index in [0.29, 0.717) is 0 Å². The van der Waals surface area contributed by atoms with E-state index in [-0.39, 0.29) is 0 Å². The van der Waals surface area contributed by atoms with Crippen LogP contribution in [0, 0.1) is 0 Å². The fourth-order valence-corrected chi connectivity index (χ4v) is 13.0. The molecule has 13 aromatic rings. The third-order valence-corrected chi connectivity index (χ3v) is 16.0. The van der Waals surface area contributed by atoms with Gasteiger partial charge in [-0.1, -0.05) is 243 Å². The second kappa shape index (κ2) is 17.2. The van der Waals surface area contributed by atoms with Crippen molar-refractivity contribution >= 4 is 38.9 Å². The molecule has 0 aliphatic heterocycles. The summed E-state index contributed by atoms with van der Waals surface area (Å²) >= 11 is 0. The van der Waals surface area contributed by atoms with Crippen LogP contribution in [0.2, 0.25) is 0 Å². The fraction of sp³-hybridized carbons (Fsp3) is 0.0137. The number of para-hydroxylation sites is 3. The van der Waals surface area contributed by atoms with Gasteiger partial charge in [0.2, 0.25) is 0 Å². The lowest BCUT2D eigenvalue weighted by molar-refractivity contribution is 0.794. The Labute approximate surface area is 437 Å². The van der Waals surface area contributed by atoms with Gasteiger partial charge < -0.3 is 9.47 Å². The molecule has 0 bridgehead atoms. The standard InChI is InChI=1S/C73H48N2/c1-4-22-49(23-5-1)55-28-10-11-33-62(55)71-56(50-24-6-2-7-25-50)34-21-41-70(71)74(53-44-42-51(43-45-53)57-35-20-36-63-61-32-15-19-40-69(61)75(72(57)63)52-26-8-3-9-27-52)54-46-47-68-64(48-54)60-31-14-18-39-67(60)73(68)65-37-16-12-29-58(65)59-30-13-17-38-66(59)73/h1-48H. The Morgan fingerprint density at radius 3 is 1.40 bits per heavy atom. The number of fused-ring (bicyclic) bond motifs is 13. The summed E-state index contributed by atoms with van der Waals surface area (Å²) in [4.78, 5) is 2.51. The van der Waals surface area contributed by atoms with Gasteiger partial charge in [0.1, 0.15) is 0 Å². The molecule has 2 aliphatic carbocycles. The molecule has 2 aliphatic rings. The molecule has 2 nitrogen and oxygen atoms in total. The van der Waals surface area contributed by atoms with Crippen LogP contribution in [0.4, 0.5) is 17.1 Å². The van der Waals surface area contributed by atoms with Crippen molar-refractivity contribution in [2.75, 3.05) is 4.90 Å². The molecule has 15 rings (SSSR count). The van der Waals surface area contributed by atoms with Crippen LogP contribution in [0.3, 0.4) is 0 Å². The molecule has 75 heavy (non-hydrogen) atoms. The predicted molar refractivity (Wildman–Crippen MR) is 314 cm³/mol. The van der Waals surface area contributed by atoms with Gasteiger partial charge in [0.25, 0.3) is 0 Å². The summed E-state index contributed by atoms with van der Waals surface area (Å²) < 4.78 is 2.43. The highest BCUT2D eigenvalue weighted by molar-refractivity contribution is 6.14. The van der Waals surface area contributed by atoms with E-state index in [1.165, 1.54) is 99.7 Å². The van der Waals surface area contributed by atoms with E-state index in [4.69, 9.17) is 0 Å². The van der Waals surface area contributed by atoms with Crippen molar-refractivity contribution in [1.29, 1.82) is 0 Å². The first-order valence-corrected chi connectivity index (χ1v) is 26.0. The third-order valence-electron chi connectivity index (χ3n) is 16.0. The van der Waals surface area contributed by atoms with Gasteiger partial charge in [-0.3, -0.25) is 0 Å².